The molecule has 1 heterocycles. The predicted molar refractivity (Wildman–Crippen MR) is 78.9 cm³/mol. The summed E-state index contributed by atoms with van der Waals surface area (Å²) in [6, 6.07) is 11.2. The molecule has 0 aliphatic rings. The zero-order valence-corrected chi connectivity index (χ0v) is 11.8. The maximum atomic E-state index is 12.2. The summed E-state index contributed by atoms with van der Waals surface area (Å²) in [6.45, 7) is 4.82. The van der Waals surface area contributed by atoms with E-state index < -0.39 is 0 Å². The fraction of sp³-hybridized carbons (Fsp3) is 0.312. The van der Waals surface area contributed by atoms with E-state index in [1.165, 1.54) is 0 Å². The third kappa shape index (κ3) is 2.75. The summed E-state index contributed by atoms with van der Waals surface area (Å²) in [5.41, 5.74) is 2.08. The average Bonchev–Trinajstić information content (AvgIpc) is 2.48. The zero-order valence-electron chi connectivity index (χ0n) is 11.8. The summed E-state index contributed by atoms with van der Waals surface area (Å²) in [6.07, 6.45) is 0. The number of aromatic nitrogens is 1. The number of hydrogen-bond donors (Lipinski definition) is 1. The Kier molecular flexibility index (Phi) is 4.58. The van der Waals surface area contributed by atoms with E-state index in [0.29, 0.717) is 18.7 Å². The van der Waals surface area contributed by atoms with Gasteiger partial charge in [0.1, 0.15) is 5.75 Å². The number of aliphatic hydroxyl groups excluding tert-OH is 1. The van der Waals surface area contributed by atoms with Crippen LogP contribution in [-0.4, -0.2) is 16.3 Å². The molecule has 2 rings (SSSR count). The zero-order chi connectivity index (χ0) is 14.5. The van der Waals surface area contributed by atoms with Crippen LogP contribution in [0.5, 0.6) is 5.75 Å². The third-order valence-electron chi connectivity index (χ3n) is 3.20. The van der Waals surface area contributed by atoms with Gasteiger partial charge in [0.2, 0.25) is 0 Å². The molecule has 0 unspecified atom stereocenters. The molecule has 2 aromatic rings. The van der Waals surface area contributed by atoms with Crippen molar-refractivity contribution in [3.8, 4) is 17.0 Å². The van der Waals surface area contributed by atoms with Crippen molar-refractivity contribution in [3.05, 3.63) is 52.3 Å². The standard InChI is InChI=1S/C16H19NO3/c1-3-17-15(10-7-13(11-18)16(17)19)12-5-8-14(9-6-12)20-4-2/h5-10,18H,3-4,11H2,1-2H3. The molecule has 0 fully saturated rings. The van der Waals surface area contributed by atoms with Crippen LogP contribution in [0.3, 0.4) is 0 Å². The topological polar surface area (TPSA) is 51.5 Å². The van der Waals surface area contributed by atoms with Crippen molar-refractivity contribution < 1.29 is 9.84 Å². The minimum absolute atomic E-state index is 0.138. The molecule has 1 aromatic carbocycles. The molecular formula is C16H19NO3. The van der Waals surface area contributed by atoms with Crippen LogP contribution in [0.25, 0.3) is 11.3 Å². The van der Waals surface area contributed by atoms with Gasteiger partial charge in [0, 0.05) is 12.1 Å². The van der Waals surface area contributed by atoms with Gasteiger partial charge in [0.05, 0.1) is 18.9 Å². The van der Waals surface area contributed by atoms with Crippen LogP contribution in [0.15, 0.2) is 41.2 Å². The molecule has 0 amide bonds. The summed E-state index contributed by atoms with van der Waals surface area (Å²) in [5, 5.41) is 9.17. The molecule has 0 aliphatic carbocycles. The lowest BCUT2D eigenvalue weighted by molar-refractivity contribution is 0.279. The summed E-state index contributed by atoms with van der Waals surface area (Å²) in [7, 11) is 0. The second kappa shape index (κ2) is 6.39. The van der Waals surface area contributed by atoms with Crippen LogP contribution in [0, 0.1) is 0 Å². The van der Waals surface area contributed by atoms with Crippen molar-refractivity contribution in [2.75, 3.05) is 6.61 Å². The second-order valence-corrected chi connectivity index (χ2v) is 4.41. The molecule has 20 heavy (non-hydrogen) atoms. The van der Waals surface area contributed by atoms with E-state index in [-0.39, 0.29) is 12.2 Å². The Bertz CT molecular complexity index is 629. The Labute approximate surface area is 118 Å². The number of ether oxygens (including phenoxy) is 1. The number of nitrogens with zero attached hydrogens (tertiary/aromatic N) is 1. The van der Waals surface area contributed by atoms with E-state index in [1.54, 1.807) is 10.6 Å². The summed E-state index contributed by atoms with van der Waals surface area (Å²) in [5.74, 6) is 0.814. The van der Waals surface area contributed by atoms with E-state index in [9.17, 15) is 4.79 Å². The number of benzene rings is 1. The Morgan fingerprint density at radius 1 is 1.10 bits per heavy atom. The number of pyridine rings is 1. The van der Waals surface area contributed by atoms with Gasteiger partial charge >= 0.3 is 0 Å². The molecule has 1 N–H and O–H groups in total. The quantitative estimate of drug-likeness (QED) is 0.910. The van der Waals surface area contributed by atoms with Crippen LogP contribution < -0.4 is 10.3 Å². The molecule has 0 bridgehead atoms. The van der Waals surface area contributed by atoms with E-state index in [2.05, 4.69) is 0 Å². The van der Waals surface area contributed by atoms with Crippen LogP contribution >= 0.6 is 0 Å². The van der Waals surface area contributed by atoms with Gasteiger partial charge in [-0.3, -0.25) is 4.79 Å². The van der Waals surface area contributed by atoms with Crippen LogP contribution in [0.2, 0.25) is 0 Å². The summed E-state index contributed by atoms with van der Waals surface area (Å²) < 4.78 is 7.08. The van der Waals surface area contributed by atoms with E-state index in [1.807, 2.05) is 44.2 Å². The monoisotopic (exact) mass is 273 g/mol. The maximum Gasteiger partial charge on any atom is 0.256 e. The molecule has 4 nitrogen and oxygen atoms in total. The highest BCUT2D eigenvalue weighted by Gasteiger charge is 2.08. The normalized spacial score (nSPS) is 10.6. The number of aliphatic hydroxyl groups is 1. The Balaban J connectivity index is 2.47. The summed E-state index contributed by atoms with van der Waals surface area (Å²) in [4.78, 5) is 12.2. The lowest BCUT2D eigenvalue weighted by Crippen LogP contribution is -2.24. The minimum Gasteiger partial charge on any atom is -0.494 e. The molecule has 0 radical (unpaired) electrons. The molecule has 0 saturated carbocycles. The predicted octanol–water partition coefficient (Wildman–Crippen LogP) is 2.43. The number of hydrogen-bond acceptors (Lipinski definition) is 3. The fourth-order valence-corrected chi connectivity index (χ4v) is 2.20. The van der Waals surface area contributed by atoms with Gasteiger partial charge in [-0.2, -0.15) is 0 Å². The first-order valence-electron chi connectivity index (χ1n) is 6.78. The average molecular weight is 273 g/mol. The van der Waals surface area contributed by atoms with Crippen molar-refractivity contribution in [2.45, 2.75) is 27.0 Å². The smallest absolute Gasteiger partial charge is 0.256 e. The van der Waals surface area contributed by atoms with Gasteiger partial charge in [0.25, 0.3) is 5.56 Å². The molecule has 0 atom stereocenters. The number of rotatable bonds is 5. The van der Waals surface area contributed by atoms with Crippen LogP contribution in [-0.2, 0) is 13.2 Å². The highest BCUT2D eigenvalue weighted by molar-refractivity contribution is 5.61. The van der Waals surface area contributed by atoms with Crippen molar-refractivity contribution in [1.29, 1.82) is 0 Å². The minimum atomic E-state index is -0.234. The fourth-order valence-electron chi connectivity index (χ4n) is 2.20. The lowest BCUT2D eigenvalue weighted by atomic mass is 10.1. The van der Waals surface area contributed by atoms with Crippen molar-refractivity contribution in [3.63, 3.8) is 0 Å². The summed E-state index contributed by atoms with van der Waals surface area (Å²) >= 11 is 0. The van der Waals surface area contributed by atoms with Crippen LogP contribution in [0.1, 0.15) is 19.4 Å². The van der Waals surface area contributed by atoms with Crippen molar-refractivity contribution >= 4 is 0 Å². The second-order valence-electron chi connectivity index (χ2n) is 4.41. The lowest BCUT2D eigenvalue weighted by Gasteiger charge is -2.13. The van der Waals surface area contributed by atoms with E-state index in [4.69, 9.17) is 9.84 Å². The SMILES string of the molecule is CCOc1ccc(-c2ccc(CO)c(=O)n2CC)cc1. The Morgan fingerprint density at radius 3 is 2.35 bits per heavy atom. The van der Waals surface area contributed by atoms with Gasteiger partial charge in [-0.15, -0.1) is 0 Å². The van der Waals surface area contributed by atoms with Crippen LogP contribution in [0.4, 0.5) is 0 Å². The van der Waals surface area contributed by atoms with E-state index in [0.717, 1.165) is 17.0 Å². The first-order chi connectivity index (χ1) is 9.71. The highest BCUT2D eigenvalue weighted by Crippen LogP contribution is 2.22. The maximum absolute atomic E-state index is 12.2. The van der Waals surface area contributed by atoms with Gasteiger partial charge < -0.3 is 14.4 Å². The first-order valence-corrected chi connectivity index (χ1v) is 6.78. The Morgan fingerprint density at radius 2 is 1.80 bits per heavy atom. The molecular weight excluding hydrogens is 254 g/mol. The Hall–Kier alpha value is -2.07. The van der Waals surface area contributed by atoms with Crippen molar-refractivity contribution in [2.24, 2.45) is 0 Å². The molecule has 4 heteroatoms. The first kappa shape index (κ1) is 14.3. The molecule has 0 saturated heterocycles. The molecule has 0 aliphatic heterocycles. The van der Waals surface area contributed by atoms with Gasteiger partial charge in [0.15, 0.2) is 0 Å². The van der Waals surface area contributed by atoms with Gasteiger partial charge in [-0.1, -0.05) is 0 Å². The van der Waals surface area contributed by atoms with E-state index >= 15 is 0 Å². The molecule has 0 spiro atoms. The molecule has 106 valence electrons. The molecule has 1 aromatic heterocycles. The third-order valence-corrected chi connectivity index (χ3v) is 3.20. The largest absolute Gasteiger partial charge is 0.494 e. The van der Waals surface area contributed by atoms with Crippen molar-refractivity contribution in [1.82, 2.24) is 4.57 Å². The van der Waals surface area contributed by atoms with Gasteiger partial charge in [-0.05, 0) is 55.8 Å². The highest BCUT2D eigenvalue weighted by atomic mass is 16.5. The van der Waals surface area contributed by atoms with Gasteiger partial charge in [-0.25, -0.2) is 0 Å².